The van der Waals surface area contributed by atoms with Crippen LogP contribution >= 0.6 is 0 Å². The predicted molar refractivity (Wildman–Crippen MR) is 39.4 cm³/mol. The Bertz CT molecular complexity index is 146. The zero-order chi connectivity index (χ0) is 9.30. The molecule has 0 saturated carbocycles. The molecule has 5 heteroatoms. The molecule has 1 aliphatic heterocycles. The molecule has 5 nitrogen and oxygen atoms in total. The number of ether oxygens (including phenoxy) is 1. The molecule has 1 aliphatic rings. The molecule has 1 fully saturated rings. The predicted octanol–water partition coefficient (Wildman–Crippen LogP) is -2.15. The standard InChI is InChI=1S/C7H14O5/c1-3-5(9)7(11)6(10)4(2-8)12-3/h3-11H,2H2,1H3/t3?,4-,5+,6?,7?/m1/s1. The van der Waals surface area contributed by atoms with Gasteiger partial charge >= 0.3 is 0 Å². The van der Waals surface area contributed by atoms with Gasteiger partial charge in [0.1, 0.15) is 24.4 Å². The van der Waals surface area contributed by atoms with Crippen molar-refractivity contribution in [1.82, 2.24) is 0 Å². The summed E-state index contributed by atoms with van der Waals surface area (Å²) in [6, 6.07) is 0. The quantitative estimate of drug-likeness (QED) is 0.367. The van der Waals surface area contributed by atoms with Gasteiger partial charge in [-0.1, -0.05) is 0 Å². The Labute approximate surface area is 70.2 Å². The summed E-state index contributed by atoms with van der Waals surface area (Å²) in [5.41, 5.74) is 0. The highest BCUT2D eigenvalue weighted by atomic mass is 16.5. The van der Waals surface area contributed by atoms with Gasteiger partial charge in [0, 0.05) is 0 Å². The normalized spacial score (nSPS) is 49.2. The van der Waals surface area contributed by atoms with Gasteiger partial charge in [-0.25, -0.2) is 0 Å². The van der Waals surface area contributed by atoms with Crippen LogP contribution in [0.2, 0.25) is 0 Å². The molecule has 0 aliphatic carbocycles. The van der Waals surface area contributed by atoms with Crippen LogP contribution in [-0.4, -0.2) is 57.6 Å². The molecule has 3 unspecified atom stereocenters. The minimum atomic E-state index is -1.24. The summed E-state index contributed by atoms with van der Waals surface area (Å²) in [5, 5.41) is 36.4. The molecule has 0 amide bonds. The molecule has 0 aromatic heterocycles. The van der Waals surface area contributed by atoms with Crippen LogP contribution in [0.25, 0.3) is 0 Å². The minimum absolute atomic E-state index is 0.366. The van der Waals surface area contributed by atoms with Crippen molar-refractivity contribution in [3.8, 4) is 0 Å². The van der Waals surface area contributed by atoms with Gasteiger partial charge < -0.3 is 25.2 Å². The Morgan fingerprint density at radius 2 is 1.67 bits per heavy atom. The highest BCUT2D eigenvalue weighted by Gasteiger charge is 2.41. The average molecular weight is 178 g/mol. The third kappa shape index (κ3) is 1.60. The Kier molecular flexibility index (Phi) is 3.03. The van der Waals surface area contributed by atoms with Crippen molar-refractivity contribution in [3.63, 3.8) is 0 Å². The Balaban J connectivity index is 2.63. The van der Waals surface area contributed by atoms with E-state index < -0.39 is 30.5 Å². The van der Waals surface area contributed by atoms with Crippen molar-refractivity contribution in [2.75, 3.05) is 6.61 Å². The molecule has 4 N–H and O–H groups in total. The lowest BCUT2D eigenvalue weighted by atomic mass is 9.96. The van der Waals surface area contributed by atoms with E-state index in [-0.39, 0.29) is 6.61 Å². The van der Waals surface area contributed by atoms with Crippen LogP contribution in [0.3, 0.4) is 0 Å². The molecule has 5 atom stereocenters. The van der Waals surface area contributed by atoms with Crippen LogP contribution in [-0.2, 0) is 4.74 Å². The van der Waals surface area contributed by atoms with Gasteiger partial charge in [0.2, 0.25) is 0 Å². The maximum absolute atomic E-state index is 9.23. The van der Waals surface area contributed by atoms with Crippen LogP contribution in [0.15, 0.2) is 0 Å². The van der Waals surface area contributed by atoms with Crippen LogP contribution in [0.1, 0.15) is 6.92 Å². The summed E-state index contributed by atoms with van der Waals surface area (Å²) >= 11 is 0. The molecular weight excluding hydrogens is 164 g/mol. The monoisotopic (exact) mass is 178 g/mol. The number of aliphatic hydroxyl groups excluding tert-OH is 4. The molecule has 0 bridgehead atoms. The van der Waals surface area contributed by atoms with Gasteiger partial charge in [0.15, 0.2) is 0 Å². The third-order valence-electron chi connectivity index (χ3n) is 2.13. The van der Waals surface area contributed by atoms with Crippen molar-refractivity contribution in [3.05, 3.63) is 0 Å². The summed E-state index contributed by atoms with van der Waals surface area (Å²) in [5.74, 6) is 0. The fraction of sp³-hybridized carbons (Fsp3) is 1.00. The van der Waals surface area contributed by atoms with Gasteiger partial charge in [-0.3, -0.25) is 0 Å². The van der Waals surface area contributed by atoms with Crippen LogP contribution in [0, 0.1) is 0 Å². The van der Waals surface area contributed by atoms with E-state index in [1.165, 1.54) is 0 Å². The van der Waals surface area contributed by atoms with E-state index >= 15 is 0 Å². The van der Waals surface area contributed by atoms with Gasteiger partial charge in [0.05, 0.1) is 12.7 Å². The topological polar surface area (TPSA) is 90.2 Å². The molecule has 72 valence electrons. The summed E-state index contributed by atoms with van der Waals surface area (Å²) in [6.45, 7) is 1.21. The first-order chi connectivity index (χ1) is 5.57. The van der Waals surface area contributed by atoms with E-state index in [1.807, 2.05) is 0 Å². The first kappa shape index (κ1) is 9.88. The molecular formula is C7H14O5. The molecule has 0 radical (unpaired) electrons. The van der Waals surface area contributed by atoms with Gasteiger partial charge in [-0.15, -0.1) is 0 Å². The van der Waals surface area contributed by atoms with E-state index in [2.05, 4.69) is 0 Å². The average Bonchev–Trinajstić information content (AvgIpc) is 2.08. The first-order valence-electron chi connectivity index (χ1n) is 3.88. The summed E-state index contributed by atoms with van der Waals surface area (Å²) in [4.78, 5) is 0. The van der Waals surface area contributed by atoms with Crippen molar-refractivity contribution in [2.45, 2.75) is 37.4 Å². The molecule has 0 aromatic rings. The smallest absolute Gasteiger partial charge is 0.111 e. The summed E-state index contributed by atoms with van der Waals surface area (Å²) in [6.07, 6.45) is -4.94. The molecule has 1 rings (SSSR count). The largest absolute Gasteiger partial charge is 0.394 e. The van der Waals surface area contributed by atoms with Crippen LogP contribution in [0.5, 0.6) is 0 Å². The van der Waals surface area contributed by atoms with Crippen LogP contribution in [0.4, 0.5) is 0 Å². The second-order valence-corrected chi connectivity index (χ2v) is 3.03. The summed E-state index contributed by atoms with van der Waals surface area (Å²) in [7, 11) is 0. The lowest BCUT2D eigenvalue weighted by Gasteiger charge is -2.38. The number of hydrogen-bond acceptors (Lipinski definition) is 5. The van der Waals surface area contributed by atoms with Crippen LogP contribution < -0.4 is 0 Å². The number of hydrogen-bond donors (Lipinski definition) is 4. The fourth-order valence-electron chi connectivity index (χ4n) is 1.29. The maximum atomic E-state index is 9.23. The number of rotatable bonds is 1. The summed E-state index contributed by atoms with van der Waals surface area (Å²) < 4.78 is 5.02. The van der Waals surface area contributed by atoms with E-state index in [9.17, 15) is 15.3 Å². The first-order valence-corrected chi connectivity index (χ1v) is 3.88. The Morgan fingerprint density at radius 3 is 2.17 bits per heavy atom. The lowest BCUT2D eigenvalue weighted by Crippen LogP contribution is -2.57. The zero-order valence-electron chi connectivity index (χ0n) is 6.79. The van der Waals surface area contributed by atoms with E-state index in [4.69, 9.17) is 9.84 Å². The Hall–Kier alpha value is -0.200. The van der Waals surface area contributed by atoms with E-state index in [1.54, 1.807) is 6.92 Å². The van der Waals surface area contributed by atoms with Gasteiger partial charge in [0.25, 0.3) is 0 Å². The minimum Gasteiger partial charge on any atom is -0.394 e. The highest BCUT2D eigenvalue weighted by Crippen LogP contribution is 2.20. The molecule has 0 spiro atoms. The highest BCUT2D eigenvalue weighted by molar-refractivity contribution is 4.89. The van der Waals surface area contributed by atoms with Crippen molar-refractivity contribution in [1.29, 1.82) is 0 Å². The zero-order valence-corrected chi connectivity index (χ0v) is 6.79. The van der Waals surface area contributed by atoms with E-state index in [0.717, 1.165) is 0 Å². The maximum Gasteiger partial charge on any atom is 0.111 e. The Morgan fingerprint density at radius 1 is 1.08 bits per heavy atom. The molecule has 1 saturated heterocycles. The second-order valence-electron chi connectivity index (χ2n) is 3.03. The fourth-order valence-corrected chi connectivity index (χ4v) is 1.29. The van der Waals surface area contributed by atoms with Gasteiger partial charge in [-0.2, -0.15) is 0 Å². The van der Waals surface area contributed by atoms with Crippen molar-refractivity contribution >= 4 is 0 Å². The number of aliphatic hydroxyl groups is 4. The van der Waals surface area contributed by atoms with Crippen molar-refractivity contribution in [2.24, 2.45) is 0 Å². The third-order valence-corrected chi connectivity index (χ3v) is 2.13. The van der Waals surface area contributed by atoms with E-state index in [0.29, 0.717) is 0 Å². The molecule has 12 heavy (non-hydrogen) atoms. The molecule has 0 aromatic carbocycles. The van der Waals surface area contributed by atoms with Gasteiger partial charge in [-0.05, 0) is 6.92 Å². The SMILES string of the molecule is CC1O[C@H](CO)C(O)C(O)[C@H]1O. The van der Waals surface area contributed by atoms with Crippen molar-refractivity contribution < 1.29 is 25.2 Å². The molecule has 1 heterocycles. The lowest BCUT2D eigenvalue weighted by molar-refractivity contribution is -0.224. The second kappa shape index (κ2) is 3.68.